The van der Waals surface area contributed by atoms with Crippen molar-refractivity contribution in [3.05, 3.63) is 47.5 Å². The van der Waals surface area contributed by atoms with Gasteiger partial charge in [-0.25, -0.2) is 0 Å². The van der Waals surface area contributed by atoms with Crippen LogP contribution in [0.2, 0.25) is 0 Å². The predicted molar refractivity (Wildman–Crippen MR) is 101 cm³/mol. The Morgan fingerprint density at radius 1 is 0.808 bits per heavy atom. The molecular formula is C22H28O4. The van der Waals surface area contributed by atoms with Crippen molar-refractivity contribution < 1.29 is 18.9 Å². The molecule has 26 heavy (non-hydrogen) atoms. The van der Waals surface area contributed by atoms with E-state index in [1.807, 2.05) is 0 Å². The van der Waals surface area contributed by atoms with E-state index in [9.17, 15) is 0 Å². The molecule has 2 aliphatic rings. The van der Waals surface area contributed by atoms with E-state index in [4.69, 9.17) is 18.9 Å². The molecule has 2 aliphatic heterocycles. The molecule has 0 amide bonds. The molecule has 0 saturated carbocycles. The van der Waals surface area contributed by atoms with E-state index in [2.05, 4.69) is 50.2 Å². The Morgan fingerprint density at radius 2 is 1.23 bits per heavy atom. The zero-order chi connectivity index (χ0) is 17.9. The number of epoxide rings is 2. The number of hydrogen-bond donors (Lipinski definition) is 0. The van der Waals surface area contributed by atoms with Crippen LogP contribution in [0.1, 0.15) is 50.0 Å². The Morgan fingerprint density at radius 3 is 1.58 bits per heavy atom. The molecule has 140 valence electrons. The van der Waals surface area contributed by atoms with Crippen molar-refractivity contribution in [2.45, 2.75) is 51.1 Å². The maximum Gasteiger partial charge on any atom is 0.104 e. The standard InChI is InChI=1S/C22H28O4/c1-3-21(25-13-19-11-23-19)17-7-5-16-10-18(8-6-15(16)9-17)22(4-2)26-14-20-12-24-20/h5-10,19-22H,3-4,11-14H2,1-2H3. The van der Waals surface area contributed by atoms with E-state index in [1.54, 1.807) is 0 Å². The molecule has 4 heteroatoms. The number of fused-ring (bicyclic) bond motifs is 1. The Labute approximate surface area is 155 Å². The highest BCUT2D eigenvalue weighted by Crippen LogP contribution is 2.30. The second-order valence-corrected chi connectivity index (χ2v) is 7.24. The highest BCUT2D eigenvalue weighted by molar-refractivity contribution is 5.84. The molecule has 2 saturated heterocycles. The van der Waals surface area contributed by atoms with Crippen molar-refractivity contribution in [1.29, 1.82) is 0 Å². The molecule has 0 bridgehead atoms. The fourth-order valence-corrected chi connectivity index (χ4v) is 3.36. The summed E-state index contributed by atoms with van der Waals surface area (Å²) in [6.45, 7) is 7.39. The van der Waals surface area contributed by atoms with E-state index in [0.29, 0.717) is 25.4 Å². The summed E-state index contributed by atoms with van der Waals surface area (Å²) in [5, 5.41) is 2.49. The van der Waals surface area contributed by atoms with Gasteiger partial charge in [-0.05, 0) is 46.9 Å². The molecule has 4 atom stereocenters. The Balaban J connectivity index is 1.48. The number of rotatable bonds is 10. The smallest absolute Gasteiger partial charge is 0.104 e. The molecule has 2 aromatic rings. The highest BCUT2D eigenvalue weighted by atomic mass is 16.6. The van der Waals surface area contributed by atoms with E-state index in [0.717, 1.165) is 26.1 Å². The first-order chi connectivity index (χ1) is 12.8. The largest absolute Gasteiger partial charge is 0.371 e. The maximum atomic E-state index is 6.03. The minimum Gasteiger partial charge on any atom is -0.371 e. The van der Waals surface area contributed by atoms with Gasteiger partial charge in [0.05, 0.1) is 38.6 Å². The lowest BCUT2D eigenvalue weighted by Crippen LogP contribution is -2.09. The van der Waals surface area contributed by atoms with Gasteiger partial charge in [-0.15, -0.1) is 0 Å². The first kappa shape index (κ1) is 17.9. The zero-order valence-electron chi connectivity index (χ0n) is 15.6. The monoisotopic (exact) mass is 356 g/mol. The van der Waals surface area contributed by atoms with Gasteiger partial charge in [-0.2, -0.15) is 0 Å². The van der Waals surface area contributed by atoms with Crippen LogP contribution in [-0.2, 0) is 18.9 Å². The number of ether oxygens (including phenoxy) is 4. The third kappa shape index (κ3) is 4.44. The summed E-state index contributed by atoms with van der Waals surface area (Å²) < 4.78 is 22.6. The lowest BCUT2D eigenvalue weighted by Gasteiger charge is -2.18. The summed E-state index contributed by atoms with van der Waals surface area (Å²) in [5.41, 5.74) is 2.48. The minimum absolute atomic E-state index is 0.133. The van der Waals surface area contributed by atoms with Crippen LogP contribution in [0.4, 0.5) is 0 Å². The van der Waals surface area contributed by atoms with Gasteiger partial charge >= 0.3 is 0 Å². The molecule has 2 aromatic carbocycles. The van der Waals surface area contributed by atoms with Gasteiger partial charge in [-0.1, -0.05) is 38.1 Å². The zero-order valence-corrected chi connectivity index (χ0v) is 15.6. The molecule has 0 aliphatic carbocycles. The van der Waals surface area contributed by atoms with Gasteiger partial charge in [0.15, 0.2) is 0 Å². The molecule has 0 spiro atoms. The summed E-state index contributed by atoms with van der Waals surface area (Å²) in [6, 6.07) is 13.3. The molecule has 0 radical (unpaired) electrons. The third-order valence-corrected chi connectivity index (χ3v) is 5.14. The average Bonchev–Trinajstić information content (AvgIpc) is 3.57. The summed E-state index contributed by atoms with van der Waals surface area (Å²) in [7, 11) is 0. The SMILES string of the molecule is CCC(OCC1CO1)c1ccc2cc(C(CC)OCC3CO3)ccc2c1. The van der Waals surface area contributed by atoms with Crippen molar-refractivity contribution in [2.75, 3.05) is 26.4 Å². The van der Waals surface area contributed by atoms with Gasteiger partial charge < -0.3 is 18.9 Å². The summed E-state index contributed by atoms with van der Waals surface area (Å²) >= 11 is 0. The quantitative estimate of drug-likeness (QED) is 0.585. The normalized spacial score (nSPS) is 23.8. The number of benzene rings is 2. The second-order valence-electron chi connectivity index (χ2n) is 7.24. The van der Waals surface area contributed by atoms with Gasteiger partial charge in [0, 0.05) is 0 Å². The topological polar surface area (TPSA) is 43.5 Å². The van der Waals surface area contributed by atoms with Crippen molar-refractivity contribution in [3.8, 4) is 0 Å². The summed E-state index contributed by atoms with van der Waals surface area (Å²) in [4.78, 5) is 0. The first-order valence-corrected chi connectivity index (χ1v) is 9.76. The lowest BCUT2D eigenvalue weighted by molar-refractivity contribution is 0.0393. The van der Waals surface area contributed by atoms with Crippen LogP contribution < -0.4 is 0 Å². The van der Waals surface area contributed by atoms with Gasteiger partial charge in [-0.3, -0.25) is 0 Å². The summed E-state index contributed by atoms with van der Waals surface area (Å²) in [5.74, 6) is 0. The van der Waals surface area contributed by atoms with Crippen LogP contribution in [-0.4, -0.2) is 38.6 Å². The Hall–Kier alpha value is -1.46. The Kier molecular flexibility index (Phi) is 5.55. The van der Waals surface area contributed by atoms with Crippen LogP contribution >= 0.6 is 0 Å². The van der Waals surface area contributed by atoms with Crippen LogP contribution in [0.5, 0.6) is 0 Å². The van der Waals surface area contributed by atoms with Crippen molar-refractivity contribution in [2.24, 2.45) is 0 Å². The van der Waals surface area contributed by atoms with Crippen LogP contribution in [0.3, 0.4) is 0 Å². The molecule has 0 aromatic heterocycles. The van der Waals surface area contributed by atoms with Crippen molar-refractivity contribution in [3.63, 3.8) is 0 Å². The number of hydrogen-bond acceptors (Lipinski definition) is 4. The van der Waals surface area contributed by atoms with Crippen LogP contribution in [0.15, 0.2) is 36.4 Å². The Bertz CT molecular complexity index is 673. The second kappa shape index (κ2) is 8.05. The molecule has 4 nitrogen and oxygen atoms in total. The molecule has 2 fully saturated rings. The third-order valence-electron chi connectivity index (χ3n) is 5.14. The molecule has 0 N–H and O–H groups in total. The van der Waals surface area contributed by atoms with Crippen LogP contribution in [0, 0.1) is 0 Å². The van der Waals surface area contributed by atoms with E-state index >= 15 is 0 Å². The van der Waals surface area contributed by atoms with E-state index < -0.39 is 0 Å². The maximum absolute atomic E-state index is 6.03. The first-order valence-electron chi connectivity index (χ1n) is 9.76. The molecule has 2 heterocycles. The van der Waals surface area contributed by atoms with Crippen molar-refractivity contribution >= 4 is 10.8 Å². The van der Waals surface area contributed by atoms with Gasteiger partial charge in [0.1, 0.15) is 12.2 Å². The highest BCUT2D eigenvalue weighted by Gasteiger charge is 2.25. The fraction of sp³-hybridized carbons (Fsp3) is 0.545. The average molecular weight is 356 g/mol. The van der Waals surface area contributed by atoms with Gasteiger partial charge in [0.25, 0.3) is 0 Å². The molecular weight excluding hydrogens is 328 g/mol. The van der Waals surface area contributed by atoms with Gasteiger partial charge in [0.2, 0.25) is 0 Å². The molecule has 4 rings (SSSR count). The summed E-state index contributed by atoms with van der Waals surface area (Å²) in [6.07, 6.45) is 2.80. The van der Waals surface area contributed by atoms with E-state index in [1.165, 1.54) is 21.9 Å². The lowest BCUT2D eigenvalue weighted by atomic mass is 9.98. The van der Waals surface area contributed by atoms with Crippen molar-refractivity contribution in [1.82, 2.24) is 0 Å². The van der Waals surface area contributed by atoms with E-state index in [-0.39, 0.29) is 12.2 Å². The predicted octanol–water partition coefficient (Wildman–Crippen LogP) is 4.57. The minimum atomic E-state index is 0.133. The van der Waals surface area contributed by atoms with Crippen LogP contribution in [0.25, 0.3) is 10.8 Å². The molecule has 4 unspecified atom stereocenters. The fourth-order valence-electron chi connectivity index (χ4n) is 3.36.